The van der Waals surface area contributed by atoms with Crippen molar-refractivity contribution in [2.75, 3.05) is 0 Å². The first-order chi connectivity index (χ1) is 19.4. The highest BCUT2D eigenvalue weighted by atomic mass is 16.5. The largest absolute Gasteiger partial charge is 0.462 e. The predicted molar refractivity (Wildman–Crippen MR) is 166 cm³/mol. The standard InChI is InChI=1S/C37H58O3/c1-4-5-6-7-8-9-10-11-12-13-14-15-16-17-18-19-35(39)40-30-24-26-36(2)29(28-30)20-21-31-32-22-23-34(38)37(32,3)27-25-33(31)36/h8-9,11-12,20,30-33H,4-7,10,13-19,21-28H2,1-3H3/b9-8-,12-11-/t30-,31-,32-,33-,36-,37-/m0/s1. The highest BCUT2D eigenvalue weighted by Crippen LogP contribution is 2.64. The van der Waals surface area contributed by atoms with Gasteiger partial charge in [0.2, 0.25) is 0 Å². The molecule has 0 spiro atoms. The molecule has 3 heteroatoms. The average molecular weight is 551 g/mol. The summed E-state index contributed by atoms with van der Waals surface area (Å²) in [6.07, 6.45) is 33.9. The highest BCUT2D eigenvalue weighted by molar-refractivity contribution is 5.87. The van der Waals surface area contributed by atoms with Crippen molar-refractivity contribution < 1.29 is 14.3 Å². The number of ketones is 1. The first kappa shape index (κ1) is 31.3. The zero-order valence-electron chi connectivity index (χ0n) is 26.1. The van der Waals surface area contributed by atoms with Crippen LogP contribution in [-0.4, -0.2) is 17.9 Å². The Morgan fingerprint density at radius 1 is 0.875 bits per heavy atom. The number of hydrogen-bond donors (Lipinski definition) is 0. The lowest BCUT2D eigenvalue weighted by atomic mass is 9.48. The van der Waals surface area contributed by atoms with E-state index in [4.69, 9.17) is 4.74 Å². The van der Waals surface area contributed by atoms with E-state index in [0.717, 1.165) is 64.2 Å². The molecule has 0 bridgehead atoms. The molecule has 0 radical (unpaired) electrons. The Hall–Kier alpha value is -1.64. The molecule has 0 heterocycles. The maximum atomic E-state index is 12.7. The van der Waals surface area contributed by atoms with E-state index in [1.165, 1.54) is 57.8 Å². The van der Waals surface area contributed by atoms with Crippen molar-refractivity contribution in [3.63, 3.8) is 0 Å². The summed E-state index contributed by atoms with van der Waals surface area (Å²) in [7, 11) is 0. The van der Waals surface area contributed by atoms with Crippen LogP contribution in [-0.2, 0) is 14.3 Å². The van der Waals surface area contributed by atoms with Crippen molar-refractivity contribution in [1.82, 2.24) is 0 Å². The summed E-state index contributed by atoms with van der Waals surface area (Å²) in [5.74, 6) is 2.46. The molecule has 0 saturated heterocycles. The number of carbonyl (C=O) groups is 2. The number of ether oxygens (including phenoxy) is 1. The van der Waals surface area contributed by atoms with Crippen molar-refractivity contribution in [1.29, 1.82) is 0 Å². The molecule has 0 aliphatic heterocycles. The lowest BCUT2D eigenvalue weighted by Crippen LogP contribution is -2.50. The second kappa shape index (κ2) is 15.0. The van der Waals surface area contributed by atoms with Gasteiger partial charge in [-0.05, 0) is 100 Å². The second-order valence-corrected chi connectivity index (χ2v) is 14.0. The van der Waals surface area contributed by atoms with E-state index >= 15 is 0 Å². The molecule has 0 N–H and O–H groups in total. The molecular weight excluding hydrogens is 492 g/mol. The van der Waals surface area contributed by atoms with Crippen molar-refractivity contribution >= 4 is 11.8 Å². The number of esters is 1. The molecule has 3 saturated carbocycles. The number of Topliss-reactive ketones (excluding diaryl/α,β-unsaturated/α-hetero) is 1. The molecule has 0 aromatic rings. The van der Waals surface area contributed by atoms with Gasteiger partial charge in [-0.2, -0.15) is 0 Å². The van der Waals surface area contributed by atoms with Crippen molar-refractivity contribution in [3.05, 3.63) is 36.0 Å². The Balaban J connectivity index is 1.08. The number of fused-ring (bicyclic) bond motifs is 5. The summed E-state index contributed by atoms with van der Waals surface area (Å²) in [5, 5.41) is 0. The third-order valence-electron chi connectivity index (χ3n) is 11.4. The minimum Gasteiger partial charge on any atom is -0.462 e. The summed E-state index contributed by atoms with van der Waals surface area (Å²) < 4.78 is 6.00. The fourth-order valence-electron chi connectivity index (χ4n) is 8.82. The van der Waals surface area contributed by atoms with Gasteiger partial charge in [-0.25, -0.2) is 0 Å². The number of rotatable bonds is 15. The molecule has 0 aromatic heterocycles. The minimum absolute atomic E-state index is 0.00599. The molecule has 4 aliphatic carbocycles. The molecular formula is C37H58O3. The summed E-state index contributed by atoms with van der Waals surface area (Å²) in [6.45, 7) is 6.99. The molecule has 3 fully saturated rings. The maximum Gasteiger partial charge on any atom is 0.306 e. The van der Waals surface area contributed by atoms with Crippen molar-refractivity contribution in [2.45, 2.75) is 155 Å². The van der Waals surface area contributed by atoms with E-state index in [9.17, 15) is 9.59 Å². The molecule has 0 amide bonds. The maximum absolute atomic E-state index is 12.7. The quantitative estimate of drug-likeness (QED) is 0.116. The second-order valence-electron chi connectivity index (χ2n) is 14.0. The van der Waals surface area contributed by atoms with Gasteiger partial charge in [-0.3, -0.25) is 9.59 Å². The zero-order valence-corrected chi connectivity index (χ0v) is 26.1. The summed E-state index contributed by atoms with van der Waals surface area (Å²) in [5.41, 5.74) is 1.72. The van der Waals surface area contributed by atoms with E-state index in [0.29, 0.717) is 30.0 Å². The van der Waals surface area contributed by atoms with Crippen LogP contribution in [0.1, 0.15) is 149 Å². The molecule has 0 aromatic carbocycles. The van der Waals surface area contributed by atoms with Crippen LogP contribution in [0.15, 0.2) is 36.0 Å². The van der Waals surface area contributed by atoms with Gasteiger partial charge < -0.3 is 4.74 Å². The van der Waals surface area contributed by atoms with E-state index in [2.05, 4.69) is 51.2 Å². The molecule has 40 heavy (non-hydrogen) atoms. The van der Waals surface area contributed by atoms with Crippen LogP contribution < -0.4 is 0 Å². The van der Waals surface area contributed by atoms with E-state index in [1.54, 1.807) is 5.57 Å². The molecule has 4 aliphatic rings. The number of carbonyl (C=O) groups excluding carboxylic acids is 2. The van der Waals surface area contributed by atoms with Crippen LogP contribution in [0.2, 0.25) is 0 Å². The van der Waals surface area contributed by atoms with Gasteiger partial charge in [0.15, 0.2) is 0 Å². The predicted octanol–water partition coefficient (Wildman–Crippen LogP) is 10.2. The van der Waals surface area contributed by atoms with Gasteiger partial charge >= 0.3 is 5.97 Å². The van der Waals surface area contributed by atoms with E-state index in [1.807, 2.05) is 0 Å². The van der Waals surface area contributed by atoms with Crippen LogP contribution in [0.3, 0.4) is 0 Å². The normalized spacial score (nSPS) is 33.6. The molecule has 224 valence electrons. The third-order valence-corrected chi connectivity index (χ3v) is 11.4. The van der Waals surface area contributed by atoms with Crippen LogP contribution >= 0.6 is 0 Å². The third kappa shape index (κ3) is 7.60. The Morgan fingerprint density at radius 2 is 1.55 bits per heavy atom. The minimum atomic E-state index is -0.0581. The summed E-state index contributed by atoms with van der Waals surface area (Å²) in [6, 6.07) is 0. The van der Waals surface area contributed by atoms with Crippen LogP contribution in [0.5, 0.6) is 0 Å². The van der Waals surface area contributed by atoms with Gasteiger partial charge in [0.05, 0.1) is 0 Å². The average Bonchev–Trinajstić information content (AvgIpc) is 3.25. The number of hydrogen-bond acceptors (Lipinski definition) is 3. The molecule has 4 rings (SSSR count). The van der Waals surface area contributed by atoms with E-state index < -0.39 is 0 Å². The topological polar surface area (TPSA) is 43.4 Å². The lowest BCUT2D eigenvalue weighted by Gasteiger charge is -2.56. The first-order valence-corrected chi connectivity index (χ1v) is 17.1. The van der Waals surface area contributed by atoms with Gasteiger partial charge in [-0.15, -0.1) is 0 Å². The smallest absolute Gasteiger partial charge is 0.306 e. The zero-order chi connectivity index (χ0) is 28.4. The van der Waals surface area contributed by atoms with Crippen LogP contribution in [0.25, 0.3) is 0 Å². The van der Waals surface area contributed by atoms with Crippen molar-refractivity contribution in [3.8, 4) is 0 Å². The van der Waals surface area contributed by atoms with E-state index in [-0.39, 0.29) is 22.9 Å². The first-order valence-electron chi connectivity index (χ1n) is 17.1. The monoisotopic (exact) mass is 550 g/mol. The highest BCUT2D eigenvalue weighted by Gasteiger charge is 2.58. The fraction of sp³-hybridized carbons (Fsp3) is 0.784. The van der Waals surface area contributed by atoms with Gasteiger partial charge in [0.1, 0.15) is 11.9 Å². The Morgan fingerprint density at radius 3 is 2.33 bits per heavy atom. The lowest BCUT2D eigenvalue weighted by molar-refractivity contribution is -0.151. The van der Waals surface area contributed by atoms with Crippen LogP contribution in [0, 0.1) is 28.6 Å². The molecule has 6 atom stereocenters. The Labute approximate surface area is 245 Å². The molecule has 0 unspecified atom stereocenters. The Bertz CT molecular complexity index is 928. The number of unbranched alkanes of at least 4 members (excludes halogenated alkanes) is 8. The molecule has 3 nitrogen and oxygen atoms in total. The summed E-state index contributed by atoms with van der Waals surface area (Å²) >= 11 is 0. The SMILES string of the molecule is CCCCC/C=C\C/C=C\CCCCCCCC(=O)O[C@H]1CC[C@@]2(C)C(=CC[C@@H]3[C@@H]2CC[C@]2(C)C(=O)CC[C@@H]32)C1. The Kier molecular flexibility index (Phi) is 11.7. The fourth-order valence-corrected chi connectivity index (χ4v) is 8.82. The summed E-state index contributed by atoms with van der Waals surface area (Å²) in [4.78, 5) is 25.3. The van der Waals surface area contributed by atoms with Gasteiger partial charge in [-0.1, -0.05) is 88.8 Å². The number of allylic oxidation sites excluding steroid dienone is 5. The van der Waals surface area contributed by atoms with Crippen molar-refractivity contribution in [2.24, 2.45) is 28.6 Å². The van der Waals surface area contributed by atoms with Gasteiger partial charge in [0, 0.05) is 24.7 Å². The van der Waals surface area contributed by atoms with Crippen LogP contribution in [0.4, 0.5) is 0 Å². The van der Waals surface area contributed by atoms with Gasteiger partial charge in [0.25, 0.3) is 0 Å².